The maximum atomic E-state index is 12.2. The summed E-state index contributed by atoms with van der Waals surface area (Å²) in [6, 6.07) is 8.36. The zero-order valence-electron chi connectivity index (χ0n) is 12.4. The van der Waals surface area contributed by atoms with Gasteiger partial charge in [-0.25, -0.2) is 0 Å². The van der Waals surface area contributed by atoms with Crippen molar-refractivity contribution in [2.45, 2.75) is 38.1 Å². The molecule has 0 aliphatic carbocycles. The first-order chi connectivity index (χ1) is 10.2. The van der Waals surface area contributed by atoms with Crippen molar-refractivity contribution in [2.24, 2.45) is 5.92 Å². The van der Waals surface area contributed by atoms with Crippen LogP contribution >= 0.6 is 15.9 Å². The number of nitrogens with one attached hydrogen (secondary N) is 2. The Labute approximate surface area is 135 Å². The number of piperidine rings is 2. The molecule has 2 saturated heterocycles. The lowest BCUT2D eigenvalue weighted by Crippen LogP contribution is -3.18. The summed E-state index contributed by atoms with van der Waals surface area (Å²) in [6.07, 6.45) is 6.67. The molecule has 4 heteroatoms. The van der Waals surface area contributed by atoms with Crippen LogP contribution < -0.4 is 10.2 Å². The minimum Gasteiger partial charge on any atom is -0.352 e. The van der Waals surface area contributed by atoms with Crippen LogP contribution in [0.25, 0.3) is 0 Å². The van der Waals surface area contributed by atoms with Gasteiger partial charge in [0.1, 0.15) is 0 Å². The molecule has 0 bridgehead atoms. The van der Waals surface area contributed by atoms with Crippen LogP contribution in [0.5, 0.6) is 0 Å². The van der Waals surface area contributed by atoms with Gasteiger partial charge in [0.2, 0.25) is 0 Å². The number of carbonyl (C=O) groups is 1. The van der Waals surface area contributed by atoms with Gasteiger partial charge in [-0.05, 0) is 56.4 Å². The summed E-state index contributed by atoms with van der Waals surface area (Å²) >= 11 is 3.40. The van der Waals surface area contributed by atoms with E-state index in [1.165, 1.54) is 45.2 Å². The van der Waals surface area contributed by atoms with Crippen molar-refractivity contribution in [3.8, 4) is 0 Å². The topological polar surface area (TPSA) is 33.5 Å². The predicted molar refractivity (Wildman–Crippen MR) is 87.5 cm³/mol. The molecular formula is C17H24BrN2O+. The normalized spacial score (nSPS) is 28.7. The molecule has 1 unspecified atom stereocenters. The number of benzene rings is 1. The second-order valence-electron chi connectivity index (χ2n) is 6.38. The van der Waals surface area contributed by atoms with Gasteiger partial charge in [-0.1, -0.05) is 15.9 Å². The van der Waals surface area contributed by atoms with E-state index in [0.29, 0.717) is 5.92 Å². The fourth-order valence-corrected chi connectivity index (χ4v) is 4.21. The van der Waals surface area contributed by atoms with Gasteiger partial charge in [0.15, 0.2) is 0 Å². The monoisotopic (exact) mass is 351 g/mol. The van der Waals surface area contributed by atoms with Crippen molar-refractivity contribution >= 4 is 21.8 Å². The number of fused-ring (bicyclic) bond motifs is 1. The van der Waals surface area contributed by atoms with Gasteiger partial charge in [-0.15, -0.1) is 0 Å². The maximum Gasteiger partial charge on any atom is 0.251 e. The molecule has 2 heterocycles. The smallest absolute Gasteiger partial charge is 0.251 e. The Morgan fingerprint density at radius 2 is 1.90 bits per heavy atom. The molecule has 2 fully saturated rings. The minimum absolute atomic E-state index is 0.0606. The lowest BCUT2D eigenvalue weighted by atomic mass is 9.83. The van der Waals surface area contributed by atoms with E-state index in [4.69, 9.17) is 0 Å². The van der Waals surface area contributed by atoms with Crippen LogP contribution in [0.1, 0.15) is 42.5 Å². The number of quaternary nitrogens is 1. The lowest BCUT2D eigenvalue weighted by molar-refractivity contribution is -0.939. The molecule has 0 radical (unpaired) electrons. The van der Waals surface area contributed by atoms with Gasteiger partial charge in [-0.2, -0.15) is 0 Å². The molecule has 1 aromatic carbocycles. The number of halogens is 1. The molecule has 3 nitrogen and oxygen atoms in total. The average Bonchev–Trinajstić information content (AvgIpc) is 2.53. The Hall–Kier alpha value is -0.870. The van der Waals surface area contributed by atoms with Gasteiger partial charge < -0.3 is 10.2 Å². The summed E-state index contributed by atoms with van der Waals surface area (Å²) in [7, 11) is 0. The Kier molecular flexibility index (Phi) is 4.96. The van der Waals surface area contributed by atoms with E-state index in [1.54, 1.807) is 4.90 Å². The van der Waals surface area contributed by atoms with Crippen LogP contribution in [-0.2, 0) is 0 Å². The van der Waals surface area contributed by atoms with Gasteiger partial charge in [0.25, 0.3) is 5.91 Å². The minimum atomic E-state index is 0.0606. The van der Waals surface area contributed by atoms with Crippen LogP contribution in [0.2, 0.25) is 0 Å². The largest absolute Gasteiger partial charge is 0.352 e. The van der Waals surface area contributed by atoms with E-state index in [-0.39, 0.29) is 5.91 Å². The molecule has 0 saturated carbocycles. The van der Waals surface area contributed by atoms with Crippen LogP contribution in [0.3, 0.4) is 0 Å². The fourth-order valence-electron chi connectivity index (χ4n) is 3.95. The highest BCUT2D eigenvalue weighted by Crippen LogP contribution is 2.20. The molecule has 1 amide bonds. The highest BCUT2D eigenvalue weighted by Gasteiger charge is 2.36. The van der Waals surface area contributed by atoms with E-state index >= 15 is 0 Å². The Morgan fingerprint density at radius 3 is 2.71 bits per heavy atom. The number of amides is 1. The van der Waals surface area contributed by atoms with Crippen molar-refractivity contribution in [1.29, 1.82) is 0 Å². The van der Waals surface area contributed by atoms with Gasteiger partial charge in [0, 0.05) is 22.5 Å². The van der Waals surface area contributed by atoms with Crippen LogP contribution in [0, 0.1) is 5.92 Å². The highest BCUT2D eigenvalue weighted by molar-refractivity contribution is 9.10. The van der Waals surface area contributed by atoms with Crippen molar-refractivity contribution in [1.82, 2.24) is 5.32 Å². The SMILES string of the molecule is O=C(NC[C@@H]1CCC[NH+]2CCCC[C@H]12)c1ccc(Br)cc1. The molecule has 3 atom stereocenters. The number of hydrogen-bond acceptors (Lipinski definition) is 1. The van der Waals surface area contributed by atoms with Crippen LogP contribution in [0.15, 0.2) is 28.7 Å². The Morgan fingerprint density at radius 1 is 1.14 bits per heavy atom. The van der Waals surface area contributed by atoms with Gasteiger partial charge >= 0.3 is 0 Å². The Balaban J connectivity index is 1.56. The molecule has 3 rings (SSSR count). The highest BCUT2D eigenvalue weighted by atomic mass is 79.9. The van der Waals surface area contributed by atoms with Crippen molar-refractivity contribution in [3.05, 3.63) is 34.3 Å². The lowest BCUT2D eigenvalue weighted by Gasteiger charge is -2.41. The first-order valence-corrected chi connectivity index (χ1v) is 8.91. The summed E-state index contributed by atoms with van der Waals surface area (Å²) in [6.45, 7) is 3.51. The second kappa shape index (κ2) is 6.93. The maximum absolute atomic E-state index is 12.2. The third kappa shape index (κ3) is 3.67. The number of carbonyl (C=O) groups excluding carboxylic acids is 1. The molecule has 0 aromatic heterocycles. The van der Waals surface area contributed by atoms with E-state index in [9.17, 15) is 4.79 Å². The van der Waals surface area contributed by atoms with Crippen LogP contribution in [-0.4, -0.2) is 31.6 Å². The third-order valence-electron chi connectivity index (χ3n) is 5.06. The zero-order valence-corrected chi connectivity index (χ0v) is 14.0. The predicted octanol–water partition coefficient (Wildman–Crippen LogP) is 2.03. The molecule has 1 aromatic rings. The fraction of sp³-hybridized carbons (Fsp3) is 0.588. The molecule has 2 aliphatic rings. The molecule has 2 N–H and O–H groups in total. The van der Waals surface area contributed by atoms with Crippen molar-refractivity contribution in [3.63, 3.8) is 0 Å². The standard InChI is InChI=1S/C17H23BrN2O/c18-15-8-6-13(7-9-15)17(21)19-12-14-4-3-11-20-10-2-1-5-16(14)20/h6-9,14,16H,1-5,10-12H2,(H,19,21)/p+1/t14-,16+/m0/s1. The molecule has 21 heavy (non-hydrogen) atoms. The molecule has 0 spiro atoms. The van der Waals surface area contributed by atoms with Gasteiger partial charge in [0.05, 0.1) is 19.1 Å². The number of rotatable bonds is 3. The second-order valence-corrected chi connectivity index (χ2v) is 7.30. The average molecular weight is 352 g/mol. The summed E-state index contributed by atoms with van der Waals surface area (Å²) in [4.78, 5) is 14.0. The summed E-state index contributed by atoms with van der Waals surface area (Å²) in [5, 5.41) is 3.15. The van der Waals surface area contributed by atoms with E-state index < -0.39 is 0 Å². The summed E-state index contributed by atoms with van der Waals surface area (Å²) < 4.78 is 1.01. The summed E-state index contributed by atoms with van der Waals surface area (Å²) in [5.41, 5.74) is 0.752. The van der Waals surface area contributed by atoms with E-state index in [0.717, 1.165) is 22.6 Å². The summed E-state index contributed by atoms with van der Waals surface area (Å²) in [5.74, 6) is 0.721. The third-order valence-corrected chi connectivity index (χ3v) is 5.59. The zero-order chi connectivity index (χ0) is 14.7. The Bertz CT molecular complexity index is 486. The van der Waals surface area contributed by atoms with Gasteiger partial charge in [-0.3, -0.25) is 4.79 Å². The van der Waals surface area contributed by atoms with E-state index in [1.807, 2.05) is 24.3 Å². The quantitative estimate of drug-likeness (QED) is 0.858. The molecular weight excluding hydrogens is 328 g/mol. The first-order valence-electron chi connectivity index (χ1n) is 8.12. The number of hydrogen-bond donors (Lipinski definition) is 2. The molecule has 114 valence electrons. The molecule has 2 aliphatic heterocycles. The van der Waals surface area contributed by atoms with Crippen molar-refractivity contribution < 1.29 is 9.69 Å². The van der Waals surface area contributed by atoms with Crippen LogP contribution in [0.4, 0.5) is 0 Å². The van der Waals surface area contributed by atoms with E-state index in [2.05, 4.69) is 21.2 Å². The first kappa shape index (κ1) is 15.0. The van der Waals surface area contributed by atoms with Crippen molar-refractivity contribution in [2.75, 3.05) is 19.6 Å².